The van der Waals surface area contributed by atoms with Crippen molar-refractivity contribution in [3.8, 4) is 10.6 Å². The Morgan fingerprint density at radius 3 is 2.62 bits per heavy atom. The summed E-state index contributed by atoms with van der Waals surface area (Å²) in [5.74, 6) is -0.0249. The number of amides is 2. The molecule has 0 radical (unpaired) electrons. The molecule has 2 amide bonds. The van der Waals surface area contributed by atoms with E-state index in [0.29, 0.717) is 38.4 Å². The van der Waals surface area contributed by atoms with Gasteiger partial charge in [-0.3, -0.25) is 19.2 Å². The van der Waals surface area contributed by atoms with Gasteiger partial charge >= 0.3 is 0 Å². The Hall–Kier alpha value is -2.26. The summed E-state index contributed by atoms with van der Waals surface area (Å²) in [5, 5.41) is 9.63. The number of hydrogen-bond acceptors (Lipinski definition) is 6. The topological polar surface area (TPSA) is 83.4 Å². The maximum atomic E-state index is 12.7. The Kier molecular flexibility index (Phi) is 5.67. The normalized spacial score (nSPS) is 15.5. The van der Waals surface area contributed by atoms with Gasteiger partial charge in [0.15, 0.2) is 0 Å². The van der Waals surface area contributed by atoms with E-state index in [0.717, 1.165) is 10.6 Å². The molecule has 9 heteroatoms. The summed E-state index contributed by atoms with van der Waals surface area (Å²) in [6, 6.07) is 0.143. The molecular formula is C17H24N6O2S. The Bertz CT molecular complexity index is 776. The first kappa shape index (κ1) is 18.5. The van der Waals surface area contributed by atoms with E-state index >= 15 is 0 Å². The van der Waals surface area contributed by atoms with Crippen LogP contribution in [0.1, 0.15) is 24.3 Å². The number of nitrogens with zero attached hydrogens (tertiary/aromatic N) is 5. The Balaban J connectivity index is 1.54. The lowest BCUT2D eigenvalue weighted by molar-refractivity contribution is -0.123. The molecule has 140 valence electrons. The molecule has 1 fully saturated rings. The van der Waals surface area contributed by atoms with Gasteiger partial charge in [0, 0.05) is 56.4 Å². The number of carbonyl (C=O) groups is 2. The van der Waals surface area contributed by atoms with Crippen LogP contribution >= 0.6 is 11.3 Å². The predicted octanol–water partition coefficient (Wildman–Crippen LogP) is 0.826. The second kappa shape index (κ2) is 7.96. The van der Waals surface area contributed by atoms with Crippen molar-refractivity contribution in [3.05, 3.63) is 23.5 Å². The third kappa shape index (κ3) is 4.47. The number of carbonyl (C=O) groups excluding carboxylic acids is 2. The lowest BCUT2D eigenvalue weighted by Crippen LogP contribution is -2.51. The van der Waals surface area contributed by atoms with E-state index in [4.69, 9.17) is 0 Å². The summed E-state index contributed by atoms with van der Waals surface area (Å²) >= 11 is 1.45. The molecule has 26 heavy (non-hydrogen) atoms. The van der Waals surface area contributed by atoms with Crippen molar-refractivity contribution in [3.63, 3.8) is 0 Å². The van der Waals surface area contributed by atoms with Crippen LogP contribution in [0.2, 0.25) is 0 Å². The quantitative estimate of drug-likeness (QED) is 0.836. The molecule has 3 heterocycles. The molecule has 8 nitrogen and oxygen atoms in total. The highest BCUT2D eigenvalue weighted by molar-refractivity contribution is 7.13. The van der Waals surface area contributed by atoms with Crippen molar-refractivity contribution in [1.82, 2.24) is 29.9 Å². The summed E-state index contributed by atoms with van der Waals surface area (Å²) in [4.78, 5) is 32.9. The summed E-state index contributed by atoms with van der Waals surface area (Å²) < 4.78 is 1.72. The van der Waals surface area contributed by atoms with Gasteiger partial charge in [0.25, 0.3) is 5.91 Å². The molecule has 1 N–H and O–H groups in total. The monoisotopic (exact) mass is 376 g/mol. The lowest BCUT2D eigenvalue weighted by atomic mass is 10.2. The lowest BCUT2D eigenvalue weighted by Gasteiger charge is -2.34. The van der Waals surface area contributed by atoms with Crippen molar-refractivity contribution in [2.45, 2.75) is 19.9 Å². The zero-order valence-electron chi connectivity index (χ0n) is 15.3. The minimum absolute atomic E-state index is 0.0281. The van der Waals surface area contributed by atoms with E-state index in [-0.39, 0.29) is 17.9 Å². The summed E-state index contributed by atoms with van der Waals surface area (Å²) in [6.45, 7) is 6.86. The zero-order valence-corrected chi connectivity index (χ0v) is 16.1. The van der Waals surface area contributed by atoms with Crippen LogP contribution in [0.25, 0.3) is 10.6 Å². The molecule has 0 spiro atoms. The first-order valence-corrected chi connectivity index (χ1v) is 9.56. The molecule has 0 bridgehead atoms. The standard InChI is InChI=1S/C17H24N6O2S/c1-12(2)19-15(24)10-22-4-6-23(7-5-22)17(25)14-11-26-16(20-14)13-8-18-21(3)9-13/h8-9,11-12H,4-7,10H2,1-3H3,(H,19,24). The maximum absolute atomic E-state index is 12.7. The second-order valence-electron chi connectivity index (χ2n) is 6.73. The highest BCUT2D eigenvalue weighted by Gasteiger charge is 2.25. The number of hydrogen-bond donors (Lipinski definition) is 1. The van der Waals surface area contributed by atoms with Crippen molar-refractivity contribution in [2.75, 3.05) is 32.7 Å². The molecule has 2 aromatic rings. The first-order valence-electron chi connectivity index (χ1n) is 8.68. The van der Waals surface area contributed by atoms with Gasteiger partial charge in [-0.2, -0.15) is 5.10 Å². The van der Waals surface area contributed by atoms with Gasteiger partial charge in [0.05, 0.1) is 12.7 Å². The van der Waals surface area contributed by atoms with Crippen molar-refractivity contribution >= 4 is 23.2 Å². The van der Waals surface area contributed by atoms with Crippen LogP contribution in [0.3, 0.4) is 0 Å². The van der Waals surface area contributed by atoms with E-state index in [2.05, 4.69) is 20.3 Å². The third-order valence-electron chi connectivity index (χ3n) is 4.15. The van der Waals surface area contributed by atoms with E-state index in [1.54, 1.807) is 21.2 Å². The summed E-state index contributed by atoms with van der Waals surface area (Å²) in [6.07, 6.45) is 3.63. The number of nitrogens with one attached hydrogen (secondary N) is 1. The van der Waals surface area contributed by atoms with Gasteiger partial charge < -0.3 is 10.2 Å². The minimum Gasteiger partial charge on any atom is -0.353 e. The molecule has 0 saturated carbocycles. The largest absolute Gasteiger partial charge is 0.353 e. The molecule has 0 unspecified atom stereocenters. The van der Waals surface area contributed by atoms with Gasteiger partial charge in [-0.15, -0.1) is 11.3 Å². The highest BCUT2D eigenvalue weighted by Crippen LogP contribution is 2.23. The summed E-state index contributed by atoms with van der Waals surface area (Å²) in [7, 11) is 1.85. The van der Waals surface area contributed by atoms with Crippen LogP contribution in [-0.4, -0.2) is 75.1 Å². The van der Waals surface area contributed by atoms with E-state index in [9.17, 15) is 9.59 Å². The molecule has 2 aromatic heterocycles. The Morgan fingerprint density at radius 2 is 2.00 bits per heavy atom. The predicted molar refractivity (Wildman–Crippen MR) is 99.9 cm³/mol. The average Bonchev–Trinajstić information content (AvgIpc) is 3.23. The van der Waals surface area contributed by atoms with Crippen LogP contribution in [0, 0.1) is 0 Å². The smallest absolute Gasteiger partial charge is 0.273 e. The van der Waals surface area contributed by atoms with Crippen LogP contribution in [0.5, 0.6) is 0 Å². The number of aromatic nitrogens is 3. The maximum Gasteiger partial charge on any atom is 0.273 e. The van der Waals surface area contributed by atoms with Crippen LogP contribution < -0.4 is 5.32 Å². The van der Waals surface area contributed by atoms with Crippen LogP contribution in [0.4, 0.5) is 0 Å². The Labute approximate surface area is 156 Å². The fourth-order valence-corrected chi connectivity index (χ4v) is 3.65. The number of aryl methyl sites for hydroxylation is 1. The van der Waals surface area contributed by atoms with E-state index in [1.165, 1.54) is 11.3 Å². The molecule has 0 aliphatic carbocycles. The third-order valence-corrected chi connectivity index (χ3v) is 5.04. The first-order chi connectivity index (χ1) is 12.4. The average molecular weight is 376 g/mol. The molecule has 0 aromatic carbocycles. The molecular weight excluding hydrogens is 352 g/mol. The number of rotatable bonds is 5. The molecule has 3 rings (SSSR count). The van der Waals surface area contributed by atoms with E-state index in [1.807, 2.05) is 27.1 Å². The SMILES string of the molecule is CC(C)NC(=O)CN1CCN(C(=O)c2csc(-c3cnn(C)c3)n2)CC1. The molecule has 1 aliphatic rings. The fourth-order valence-electron chi connectivity index (χ4n) is 2.88. The van der Waals surface area contributed by atoms with Gasteiger partial charge in [-0.05, 0) is 13.8 Å². The van der Waals surface area contributed by atoms with E-state index < -0.39 is 0 Å². The number of thiazole rings is 1. The van der Waals surface area contributed by atoms with Gasteiger partial charge in [-0.25, -0.2) is 4.98 Å². The zero-order chi connectivity index (χ0) is 18.7. The molecule has 1 saturated heterocycles. The molecule has 0 atom stereocenters. The fraction of sp³-hybridized carbons (Fsp3) is 0.529. The van der Waals surface area contributed by atoms with Crippen LogP contribution in [0.15, 0.2) is 17.8 Å². The van der Waals surface area contributed by atoms with Gasteiger partial charge in [0.1, 0.15) is 10.7 Å². The minimum atomic E-state index is -0.0531. The Morgan fingerprint density at radius 1 is 1.27 bits per heavy atom. The van der Waals surface area contributed by atoms with Gasteiger partial charge in [0.2, 0.25) is 5.91 Å². The summed E-state index contributed by atoms with van der Waals surface area (Å²) in [5.41, 5.74) is 1.39. The van der Waals surface area contributed by atoms with Crippen LogP contribution in [-0.2, 0) is 11.8 Å². The van der Waals surface area contributed by atoms with Gasteiger partial charge in [-0.1, -0.05) is 0 Å². The van der Waals surface area contributed by atoms with Crippen molar-refractivity contribution < 1.29 is 9.59 Å². The highest BCUT2D eigenvalue weighted by atomic mass is 32.1. The second-order valence-corrected chi connectivity index (χ2v) is 7.59. The van der Waals surface area contributed by atoms with Crippen molar-refractivity contribution in [1.29, 1.82) is 0 Å². The number of piperazine rings is 1. The molecule has 1 aliphatic heterocycles. The van der Waals surface area contributed by atoms with Crippen molar-refractivity contribution in [2.24, 2.45) is 7.05 Å².